The number of carbonyl (C=O) groups is 1. The second-order valence-electron chi connectivity index (χ2n) is 4.07. The summed E-state index contributed by atoms with van der Waals surface area (Å²) in [4.78, 5) is 11.7. The Hall–Kier alpha value is -1.47. The van der Waals surface area contributed by atoms with Crippen molar-refractivity contribution in [1.29, 1.82) is 0 Å². The minimum atomic E-state index is -3.98. The van der Waals surface area contributed by atoms with Crippen LogP contribution < -0.4 is 9.47 Å². The van der Waals surface area contributed by atoms with Crippen molar-refractivity contribution in [2.75, 3.05) is 19.8 Å². The first kappa shape index (κ1) is 14.9. The molecular weight excluding hydrogens is 308 g/mol. The van der Waals surface area contributed by atoms with Gasteiger partial charge in [-0.1, -0.05) is 6.92 Å². The van der Waals surface area contributed by atoms with E-state index >= 15 is 0 Å². The molecule has 0 aliphatic carbocycles. The quantitative estimate of drug-likeness (QED) is 0.623. The fourth-order valence-corrected chi connectivity index (χ4v) is 2.47. The lowest BCUT2D eigenvalue weighted by Crippen LogP contribution is -2.19. The van der Waals surface area contributed by atoms with E-state index in [1.54, 1.807) is 0 Å². The summed E-state index contributed by atoms with van der Waals surface area (Å²) in [7, 11) is 1.32. The van der Waals surface area contributed by atoms with Gasteiger partial charge in [-0.15, -0.1) is 0 Å². The van der Waals surface area contributed by atoms with Crippen LogP contribution in [-0.2, 0) is 13.8 Å². The highest BCUT2D eigenvalue weighted by atomic mass is 35.7. The lowest BCUT2D eigenvalue weighted by Gasteiger charge is -2.21. The van der Waals surface area contributed by atoms with Gasteiger partial charge < -0.3 is 14.2 Å². The molecule has 20 heavy (non-hydrogen) atoms. The van der Waals surface area contributed by atoms with Gasteiger partial charge in [0.1, 0.15) is 18.8 Å². The van der Waals surface area contributed by atoms with E-state index in [9.17, 15) is 13.2 Å². The molecule has 0 N–H and O–H groups in total. The molecule has 0 fully saturated rings. The first-order chi connectivity index (χ1) is 9.43. The van der Waals surface area contributed by atoms with E-state index in [4.69, 9.17) is 24.9 Å². The van der Waals surface area contributed by atoms with Gasteiger partial charge in [-0.2, -0.15) is 0 Å². The molecule has 0 saturated carbocycles. The normalized spacial score (nSPS) is 13.9. The summed E-state index contributed by atoms with van der Waals surface area (Å²) < 4.78 is 38.5. The Morgan fingerprint density at radius 1 is 1.35 bits per heavy atom. The third-order valence-electron chi connectivity index (χ3n) is 2.55. The van der Waals surface area contributed by atoms with Crippen molar-refractivity contribution >= 4 is 25.7 Å². The van der Waals surface area contributed by atoms with E-state index < -0.39 is 15.0 Å². The van der Waals surface area contributed by atoms with Crippen LogP contribution in [0.4, 0.5) is 0 Å². The van der Waals surface area contributed by atoms with Crippen molar-refractivity contribution in [1.82, 2.24) is 0 Å². The number of ether oxygens (including phenoxy) is 3. The molecule has 0 spiro atoms. The molecule has 1 heterocycles. The molecular formula is C12H13ClO6S. The molecule has 0 radical (unpaired) electrons. The second-order valence-corrected chi connectivity index (χ2v) is 6.63. The largest absolute Gasteiger partial charge is 0.486 e. The lowest BCUT2D eigenvalue weighted by atomic mass is 10.1. The summed E-state index contributed by atoms with van der Waals surface area (Å²) in [6.45, 7) is 2.62. The van der Waals surface area contributed by atoms with Gasteiger partial charge in [0.05, 0.1) is 11.5 Å². The smallest absolute Gasteiger partial charge is 0.342 e. The van der Waals surface area contributed by atoms with Crippen molar-refractivity contribution in [3.63, 3.8) is 0 Å². The highest BCUT2D eigenvalue weighted by Crippen LogP contribution is 2.37. The van der Waals surface area contributed by atoms with Gasteiger partial charge in [0, 0.05) is 16.7 Å². The van der Waals surface area contributed by atoms with Gasteiger partial charge in [0.2, 0.25) is 0 Å². The number of halogens is 1. The Kier molecular flexibility index (Phi) is 4.39. The summed E-state index contributed by atoms with van der Waals surface area (Å²) in [6, 6.07) is 2.36. The average molecular weight is 321 g/mol. The van der Waals surface area contributed by atoms with Crippen LogP contribution >= 0.6 is 10.7 Å². The Bertz CT molecular complexity index is 625. The van der Waals surface area contributed by atoms with Crippen LogP contribution in [0.1, 0.15) is 23.7 Å². The molecule has 1 aliphatic rings. The fraction of sp³-hybridized carbons (Fsp3) is 0.417. The van der Waals surface area contributed by atoms with Crippen LogP contribution in [0.5, 0.6) is 11.5 Å². The number of rotatable bonds is 4. The van der Waals surface area contributed by atoms with Crippen molar-refractivity contribution < 1.29 is 27.4 Å². The predicted octanol–water partition coefficient (Wildman–Crippen LogP) is 1.95. The van der Waals surface area contributed by atoms with Crippen LogP contribution in [0.25, 0.3) is 0 Å². The molecule has 0 saturated heterocycles. The molecule has 1 aliphatic heterocycles. The van der Waals surface area contributed by atoms with Gasteiger partial charge >= 0.3 is 5.97 Å². The first-order valence-electron chi connectivity index (χ1n) is 5.99. The molecule has 0 amide bonds. The second kappa shape index (κ2) is 5.88. The van der Waals surface area contributed by atoms with E-state index in [-0.39, 0.29) is 41.8 Å². The highest BCUT2D eigenvalue weighted by molar-refractivity contribution is 8.13. The van der Waals surface area contributed by atoms with Crippen LogP contribution in [0.3, 0.4) is 0 Å². The summed E-state index contributed by atoms with van der Waals surface area (Å²) in [6.07, 6.45) is 0.652. The maximum atomic E-state index is 12.0. The van der Waals surface area contributed by atoms with Crippen molar-refractivity contribution in [3.05, 3.63) is 17.7 Å². The number of benzene rings is 1. The van der Waals surface area contributed by atoms with E-state index in [2.05, 4.69) is 0 Å². The summed E-state index contributed by atoms with van der Waals surface area (Å²) >= 11 is 0. The molecule has 110 valence electrons. The zero-order chi connectivity index (χ0) is 14.8. The summed E-state index contributed by atoms with van der Waals surface area (Å²) in [5.74, 6) is -0.321. The molecule has 1 aromatic carbocycles. The molecule has 1 aromatic rings. The zero-order valence-electron chi connectivity index (χ0n) is 10.7. The zero-order valence-corrected chi connectivity index (χ0v) is 12.3. The summed E-state index contributed by atoms with van der Waals surface area (Å²) in [5, 5.41) is 0. The van der Waals surface area contributed by atoms with Gasteiger partial charge in [-0.25, -0.2) is 13.2 Å². The maximum absolute atomic E-state index is 12.0. The Labute approximate surface area is 121 Å². The SMILES string of the molecule is CCCOC(=O)c1cc(S(=O)(=O)Cl)cc2c1OCCO2. The van der Waals surface area contributed by atoms with E-state index in [1.807, 2.05) is 6.92 Å². The number of hydrogen-bond acceptors (Lipinski definition) is 6. The summed E-state index contributed by atoms with van der Waals surface area (Å²) in [5.41, 5.74) is -0.00475. The number of hydrogen-bond donors (Lipinski definition) is 0. The third kappa shape index (κ3) is 3.16. The van der Waals surface area contributed by atoms with E-state index in [1.165, 1.54) is 6.07 Å². The standard InChI is InChI=1S/C12H13ClO6S/c1-2-3-19-12(14)9-6-8(20(13,15)16)7-10-11(9)18-5-4-17-10/h6-7H,2-5H2,1H3. The van der Waals surface area contributed by atoms with Gasteiger partial charge in [-0.05, 0) is 12.5 Å². The maximum Gasteiger partial charge on any atom is 0.342 e. The van der Waals surface area contributed by atoms with Gasteiger partial charge in [0.25, 0.3) is 9.05 Å². The first-order valence-corrected chi connectivity index (χ1v) is 8.30. The molecule has 0 aromatic heterocycles. The minimum absolute atomic E-state index is 0.00475. The van der Waals surface area contributed by atoms with E-state index in [0.29, 0.717) is 6.42 Å². The average Bonchev–Trinajstić information content (AvgIpc) is 2.42. The number of esters is 1. The molecule has 2 rings (SSSR count). The predicted molar refractivity (Wildman–Crippen MR) is 71.0 cm³/mol. The molecule has 6 nitrogen and oxygen atoms in total. The molecule has 0 atom stereocenters. The highest BCUT2D eigenvalue weighted by Gasteiger charge is 2.26. The lowest BCUT2D eigenvalue weighted by molar-refractivity contribution is 0.0495. The van der Waals surface area contributed by atoms with E-state index in [0.717, 1.165) is 6.07 Å². The third-order valence-corrected chi connectivity index (χ3v) is 3.89. The Morgan fingerprint density at radius 3 is 2.70 bits per heavy atom. The van der Waals surface area contributed by atoms with Crippen LogP contribution in [0.2, 0.25) is 0 Å². The monoisotopic (exact) mass is 320 g/mol. The number of carbonyl (C=O) groups excluding carboxylic acids is 1. The van der Waals surface area contributed by atoms with Gasteiger partial charge in [-0.3, -0.25) is 0 Å². The molecule has 8 heteroatoms. The Balaban J connectivity index is 2.50. The minimum Gasteiger partial charge on any atom is -0.486 e. The number of fused-ring (bicyclic) bond motifs is 1. The molecule has 0 bridgehead atoms. The van der Waals surface area contributed by atoms with Crippen molar-refractivity contribution in [2.24, 2.45) is 0 Å². The van der Waals surface area contributed by atoms with Gasteiger partial charge in [0.15, 0.2) is 11.5 Å². The van der Waals surface area contributed by atoms with Crippen LogP contribution in [0, 0.1) is 0 Å². The van der Waals surface area contributed by atoms with Crippen LogP contribution in [0.15, 0.2) is 17.0 Å². The molecule has 0 unspecified atom stereocenters. The Morgan fingerprint density at radius 2 is 2.05 bits per heavy atom. The van der Waals surface area contributed by atoms with Crippen molar-refractivity contribution in [2.45, 2.75) is 18.2 Å². The van der Waals surface area contributed by atoms with Crippen molar-refractivity contribution in [3.8, 4) is 11.5 Å². The van der Waals surface area contributed by atoms with Crippen LogP contribution in [-0.4, -0.2) is 34.2 Å². The topological polar surface area (TPSA) is 78.9 Å². The fourth-order valence-electron chi connectivity index (χ4n) is 1.69.